The third-order valence-corrected chi connectivity index (χ3v) is 11.1. The van der Waals surface area contributed by atoms with Gasteiger partial charge in [0, 0.05) is 47.0 Å². The molecule has 176 valence electrons. The molecule has 34 heavy (non-hydrogen) atoms. The van der Waals surface area contributed by atoms with E-state index in [2.05, 4.69) is 61.0 Å². The second-order valence-electron chi connectivity index (χ2n) is 8.83. The van der Waals surface area contributed by atoms with Crippen LogP contribution in [0.4, 0.5) is 11.4 Å². The van der Waals surface area contributed by atoms with Crippen molar-refractivity contribution in [1.82, 2.24) is 4.90 Å². The first-order valence-corrected chi connectivity index (χ1v) is 14.5. The van der Waals surface area contributed by atoms with Crippen LogP contribution in [0.25, 0.3) is 0 Å². The maximum atomic E-state index is 15.7. The monoisotopic (exact) mass is 555 g/mol. The quantitative estimate of drug-likeness (QED) is 0.235. The summed E-state index contributed by atoms with van der Waals surface area (Å²) in [6.07, 6.45) is 1.83. The first kappa shape index (κ1) is 23.7. The molecule has 2 aliphatic rings. The average Bonchev–Trinajstić information content (AvgIpc) is 3.20. The third kappa shape index (κ3) is 4.35. The highest BCUT2D eigenvalue weighted by Crippen LogP contribution is 2.70. The predicted octanol–water partition coefficient (Wildman–Crippen LogP) is 7.97. The summed E-state index contributed by atoms with van der Waals surface area (Å²) in [5.41, 5.74) is 4.24. The standard InChI is InChI=1S/C27H28BrClN3OP/c1-21-14-16-30(17-15-21)27(25-13-12-22(29)20-26(25)28)34(33)31(23-8-4-2-5-9-23)18-19-32(34)24-10-6-3-7-11-24/h2-13,20,27H,1,14-19H2. The molecule has 0 amide bonds. The lowest BCUT2D eigenvalue weighted by atomic mass is 10.1. The smallest absolute Gasteiger partial charge is 0.284 e. The van der Waals surface area contributed by atoms with Gasteiger partial charge in [0.15, 0.2) is 0 Å². The van der Waals surface area contributed by atoms with Crippen LogP contribution in [0.2, 0.25) is 5.02 Å². The van der Waals surface area contributed by atoms with Crippen molar-refractivity contribution in [3.8, 4) is 0 Å². The van der Waals surface area contributed by atoms with E-state index in [4.69, 9.17) is 11.6 Å². The van der Waals surface area contributed by atoms with E-state index >= 15 is 4.57 Å². The molecule has 2 aliphatic heterocycles. The molecule has 0 radical (unpaired) electrons. The van der Waals surface area contributed by atoms with Crippen LogP contribution in [0.1, 0.15) is 24.2 Å². The lowest BCUT2D eigenvalue weighted by Crippen LogP contribution is -2.39. The molecule has 4 nitrogen and oxygen atoms in total. The SMILES string of the molecule is C=C1CCN(C(c2ccc(Cl)cc2Br)P2(=O)N(c3ccccc3)CCN2c2ccccc2)CC1. The van der Waals surface area contributed by atoms with Crippen LogP contribution < -0.4 is 9.34 Å². The largest absolute Gasteiger partial charge is 0.304 e. The van der Waals surface area contributed by atoms with Gasteiger partial charge in [-0.25, -0.2) is 0 Å². The van der Waals surface area contributed by atoms with Gasteiger partial charge < -0.3 is 9.34 Å². The van der Waals surface area contributed by atoms with Crippen LogP contribution in [-0.2, 0) is 4.57 Å². The Balaban J connectivity index is 1.71. The van der Waals surface area contributed by atoms with Gasteiger partial charge in [-0.05, 0) is 54.8 Å². The first-order valence-electron chi connectivity index (χ1n) is 11.6. The molecule has 1 unspecified atom stereocenters. The van der Waals surface area contributed by atoms with Crippen molar-refractivity contribution < 1.29 is 4.57 Å². The summed E-state index contributed by atoms with van der Waals surface area (Å²) in [6, 6.07) is 26.2. The summed E-state index contributed by atoms with van der Waals surface area (Å²) in [5.74, 6) is -0.324. The van der Waals surface area contributed by atoms with E-state index in [0.717, 1.165) is 47.3 Å². The maximum absolute atomic E-state index is 15.7. The number of nitrogens with zero attached hydrogens (tertiary/aromatic N) is 3. The van der Waals surface area contributed by atoms with Gasteiger partial charge in [-0.15, -0.1) is 0 Å². The molecule has 5 rings (SSSR count). The minimum atomic E-state index is -3.21. The van der Waals surface area contributed by atoms with Crippen LogP contribution >= 0.6 is 35.0 Å². The zero-order valence-electron chi connectivity index (χ0n) is 19.0. The fourth-order valence-electron chi connectivity index (χ4n) is 5.05. The third-order valence-electron chi connectivity index (χ3n) is 6.73. The highest BCUT2D eigenvalue weighted by Gasteiger charge is 2.52. The highest BCUT2D eigenvalue weighted by atomic mass is 79.9. The van der Waals surface area contributed by atoms with E-state index in [-0.39, 0.29) is 5.78 Å². The number of rotatable bonds is 5. The lowest BCUT2D eigenvalue weighted by molar-refractivity contribution is 0.231. The van der Waals surface area contributed by atoms with E-state index in [1.165, 1.54) is 5.57 Å². The van der Waals surface area contributed by atoms with Crippen LogP contribution in [-0.4, -0.2) is 31.1 Å². The zero-order valence-corrected chi connectivity index (χ0v) is 22.2. The van der Waals surface area contributed by atoms with Gasteiger partial charge in [0.25, 0.3) is 7.44 Å². The Hall–Kier alpha value is -2.04. The van der Waals surface area contributed by atoms with Crippen molar-refractivity contribution in [2.75, 3.05) is 35.5 Å². The van der Waals surface area contributed by atoms with Gasteiger partial charge in [0.1, 0.15) is 5.78 Å². The summed E-state index contributed by atoms with van der Waals surface area (Å²) in [4.78, 5) is 2.39. The molecule has 0 aliphatic carbocycles. The van der Waals surface area contributed by atoms with Crippen LogP contribution in [0, 0.1) is 0 Å². The second-order valence-corrected chi connectivity index (χ2v) is 12.8. The summed E-state index contributed by atoms with van der Waals surface area (Å²) in [5, 5.41) is 0.658. The summed E-state index contributed by atoms with van der Waals surface area (Å²) in [6.45, 7) is 7.25. The van der Waals surface area contributed by atoms with E-state index < -0.39 is 7.44 Å². The van der Waals surface area contributed by atoms with Gasteiger partial charge in [-0.1, -0.05) is 82.1 Å². The molecule has 2 saturated heterocycles. The maximum Gasteiger partial charge on any atom is 0.284 e. The Kier molecular flexibility index (Phi) is 6.90. The Morgan fingerprint density at radius 3 is 1.85 bits per heavy atom. The predicted molar refractivity (Wildman–Crippen MR) is 147 cm³/mol. The van der Waals surface area contributed by atoms with Gasteiger partial charge in [-0.2, -0.15) is 0 Å². The zero-order chi connectivity index (χ0) is 23.7. The summed E-state index contributed by atoms with van der Waals surface area (Å²) in [7, 11) is -3.21. The van der Waals surface area contributed by atoms with Crippen LogP contribution in [0.15, 0.2) is 95.5 Å². The van der Waals surface area contributed by atoms with E-state index in [9.17, 15) is 0 Å². The molecule has 3 aromatic rings. The molecule has 2 heterocycles. The van der Waals surface area contributed by atoms with Gasteiger partial charge >= 0.3 is 0 Å². The van der Waals surface area contributed by atoms with Gasteiger partial charge in [0.2, 0.25) is 0 Å². The van der Waals surface area contributed by atoms with Gasteiger partial charge in [-0.3, -0.25) is 9.46 Å². The van der Waals surface area contributed by atoms with Crippen molar-refractivity contribution in [3.63, 3.8) is 0 Å². The molecule has 0 aromatic heterocycles. The molecule has 2 fully saturated rings. The fourth-order valence-corrected chi connectivity index (χ4v) is 9.84. The molecule has 0 N–H and O–H groups in total. The van der Waals surface area contributed by atoms with E-state index in [1.807, 2.05) is 54.6 Å². The van der Waals surface area contributed by atoms with Crippen molar-refractivity contribution in [3.05, 3.63) is 106 Å². The minimum absolute atomic E-state index is 0.324. The van der Waals surface area contributed by atoms with Crippen molar-refractivity contribution >= 4 is 46.3 Å². The first-order chi connectivity index (χ1) is 16.5. The Morgan fingerprint density at radius 2 is 1.35 bits per heavy atom. The van der Waals surface area contributed by atoms with E-state index in [0.29, 0.717) is 18.1 Å². The summed E-state index contributed by atoms with van der Waals surface area (Å²) < 4.78 is 20.9. The normalized spacial score (nSPS) is 19.4. The fraction of sp³-hybridized carbons (Fsp3) is 0.259. The molecular weight excluding hydrogens is 529 g/mol. The highest BCUT2D eigenvalue weighted by molar-refractivity contribution is 9.10. The number of benzene rings is 3. The number of hydrogen-bond acceptors (Lipinski definition) is 2. The number of piperidine rings is 1. The van der Waals surface area contributed by atoms with E-state index in [1.54, 1.807) is 0 Å². The molecule has 1 atom stereocenters. The van der Waals surface area contributed by atoms with Crippen molar-refractivity contribution in [2.24, 2.45) is 0 Å². The lowest BCUT2D eigenvalue weighted by Gasteiger charge is -2.44. The summed E-state index contributed by atoms with van der Waals surface area (Å²) >= 11 is 10.1. The molecule has 0 saturated carbocycles. The van der Waals surface area contributed by atoms with Crippen molar-refractivity contribution in [2.45, 2.75) is 18.6 Å². The average molecular weight is 557 g/mol. The number of hydrogen-bond donors (Lipinski definition) is 0. The van der Waals surface area contributed by atoms with Gasteiger partial charge in [0.05, 0.1) is 0 Å². The molecule has 3 aromatic carbocycles. The molecule has 7 heteroatoms. The number of anilines is 2. The number of halogens is 2. The second kappa shape index (κ2) is 9.91. The Bertz CT molecular complexity index is 1160. The molecule has 0 bridgehead atoms. The molecule has 0 spiro atoms. The number of likely N-dealkylation sites (tertiary alicyclic amines) is 1. The minimum Gasteiger partial charge on any atom is -0.304 e. The van der Waals surface area contributed by atoms with Crippen molar-refractivity contribution in [1.29, 1.82) is 0 Å². The Morgan fingerprint density at radius 1 is 0.824 bits per heavy atom. The molecular formula is C27H28BrClN3OP. The van der Waals surface area contributed by atoms with Crippen LogP contribution in [0.3, 0.4) is 0 Å². The number of para-hydroxylation sites is 2. The van der Waals surface area contributed by atoms with Crippen LogP contribution in [0.5, 0.6) is 0 Å². The topological polar surface area (TPSA) is 26.8 Å². The Labute approximate surface area is 215 Å².